The van der Waals surface area contributed by atoms with Crippen molar-refractivity contribution >= 4 is 21.7 Å². The summed E-state index contributed by atoms with van der Waals surface area (Å²) in [5, 5.41) is 0. The van der Waals surface area contributed by atoms with Gasteiger partial charge in [0.25, 0.3) is 0 Å². The minimum Gasteiger partial charge on any atom is -0.241 e. The molecule has 2 aromatic heterocycles. The monoisotopic (exact) mass is 165 g/mol. The Morgan fingerprint density at radius 1 is 1.27 bits per heavy atom. The van der Waals surface area contributed by atoms with Crippen molar-refractivity contribution in [1.82, 2.24) is 15.0 Å². The van der Waals surface area contributed by atoms with Gasteiger partial charge in [0, 0.05) is 0 Å². The molecule has 0 bridgehead atoms. The SMILES string of the molecule is Cc1nc(C)c2ncsc2n1. The van der Waals surface area contributed by atoms with E-state index >= 15 is 0 Å². The molecular formula is C7H7N3S. The lowest BCUT2D eigenvalue weighted by atomic mass is 10.4. The predicted molar refractivity (Wildman–Crippen MR) is 44.7 cm³/mol. The van der Waals surface area contributed by atoms with Crippen molar-refractivity contribution in [2.75, 3.05) is 0 Å². The highest BCUT2D eigenvalue weighted by Gasteiger charge is 2.02. The first-order valence-corrected chi connectivity index (χ1v) is 4.20. The number of aryl methyl sites for hydroxylation is 2. The lowest BCUT2D eigenvalue weighted by Crippen LogP contribution is -1.90. The molecule has 0 spiro atoms. The first kappa shape index (κ1) is 6.67. The molecule has 4 heteroatoms. The fourth-order valence-corrected chi connectivity index (χ4v) is 1.79. The molecule has 0 aliphatic rings. The van der Waals surface area contributed by atoms with Crippen molar-refractivity contribution in [3.8, 4) is 0 Å². The lowest BCUT2D eigenvalue weighted by molar-refractivity contribution is 1.05. The molecular weight excluding hydrogens is 158 g/mol. The van der Waals surface area contributed by atoms with Crippen molar-refractivity contribution in [3.05, 3.63) is 17.0 Å². The van der Waals surface area contributed by atoms with Crippen LogP contribution in [-0.2, 0) is 0 Å². The van der Waals surface area contributed by atoms with Gasteiger partial charge in [0.15, 0.2) is 0 Å². The molecule has 0 fully saturated rings. The van der Waals surface area contributed by atoms with Crippen LogP contribution in [0.25, 0.3) is 10.3 Å². The number of rotatable bonds is 0. The van der Waals surface area contributed by atoms with Gasteiger partial charge < -0.3 is 0 Å². The van der Waals surface area contributed by atoms with Crippen LogP contribution >= 0.6 is 11.3 Å². The largest absolute Gasteiger partial charge is 0.241 e. The standard InChI is InChI=1S/C7H7N3S/c1-4-6-7(11-3-8-6)10-5(2)9-4/h3H,1-2H3. The van der Waals surface area contributed by atoms with Gasteiger partial charge in [-0.2, -0.15) is 0 Å². The summed E-state index contributed by atoms with van der Waals surface area (Å²) in [5.41, 5.74) is 3.69. The lowest BCUT2D eigenvalue weighted by Gasteiger charge is -1.94. The third-order valence-electron chi connectivity index (χ3n) is 1.48. The van der Waals surface area contributed by atoms with Crippen LogP contribution in [0, 0.1) is 13.8 Å². The maximum atomic E-state index is 4.24. The fourth-order valence-electron chi connectivity index (χ4n) is 1.04. The van der Waals surface area contributed by atoms with Crippen LogP contribution in [0.2, 0.25) is 0 Å². The normalized spacial score (nSPS) is 10.7. The quantitative estimate of drug-likeness (QED) is 0.596. The highest BCUT2D eigenvalue weighted by molar-refractivity contribution is 7.16. The zero-order valence-electron chi connectivity index (χ0n) is 6.33. The fraction of sp³-hybridized carbons (Fsp3) is 0.286. The van der Waals surface area contributed by atoms with Crippen molar-refractivity contribution in [2.45, 2.75) is 13.8 Å². The van der Waals surface area contributed by atoms with E-state index in [0.29, 0.717) is 0 Å². The highest BCUT2D eigenvalue weighted by Crippen LogP contribution is 2.16. The van der Waals surface area contributed by atoms with Gasteiger partial charge in [0.05, 0.1) is 11.2 Å². The molecule has 2 heterocycles. The Morgan fingerprint density at radius 3 is 2.91 bits per heavy atom. The Kier molecular flexibility index (Phi) is 1.35. The van der Waals surface area contributed by atoms with Crippen LogP contribution in [0.5, 0.6) is 0 Å². The third kappa shape index (κ3) is 0.991. The van der Waals surface area contributed by atoms with E-state index in [2.05, 4.69) is 15.0 Å². The van der Waals surface area contributed by atoms with E-state index in [1.54, 1.807) is 16.8 Å². The molecule has 0 aromatic carbocycles. The zero-order valence-corrected chi connectivity index (χ0v) is 7.14. The second-order valence-corrected chi connectivity index (χ2v) is 3.20. The van der Waals surface area contributed by atoms with E-state index in [1.165, 1.54) is 0 Å². The average Bonchev–Trinajstić information content (AvgIpc) is 2.34. The molecule has 0 unspecified atom stereocenters. The second kappa shape index (κ2) is 2.23. The minimum atomic E-state index is 0.819. The molecule has 0 radical (unpaired) electrons. The summed E-state index contributed by atoms with van der Waals surface area (Å²) in [4.78, 5) is 13.6. The number of nitrogens with zero attached hydrogens (tertiary/aromatic N) is 3. The number of fused-ring (bicyclic) bond motifs is 1. The van der Waals surface area contributed by atoms with E-state index in [-0.39, 0.29) is 0 Å². The molecule has 2 rings (SSSR count). The van der Waals surface area contributed by atoms with Gasteiger partial charge in [-0.3, -0.25) is 0 Å². The molecule has 0 N–H and O–H groups in total. The second-order valence-electron chi connectivity index (χ2n) is 2.36. The third-order valence-corrected chi connectivity index (χ3v) is 2.20. The van der Waals surface area contributed by atoms with E-state index in [0.717, 1.165) is 21.9 Å². The van der Waals surface area contributed by atoms with Crippen molar-refractivity contribution in [3.63, 3.8) is 0 Å². The van der Waals surface area contributed by atoms with E-state index in [1.807, 2.05) is 13.8 Å². The maximum Gasteiger partial charge on any atom is 0.147 e. The summed E-state index contributed by atoms with van der Waals surface area (Å²) in [6, 6.07) is 0. The summed E-state index contributed by atoms with van der Waals surface area (Å²) in [5.74, 6) is 0.819. The zero-order chi connectivity index (χ0) is 7.84. The molecule has 0 saturated carbocycles. The van der Waals surface area contributed by atoms with E-state index in [9.17, 15) is 0 Å². The van der Waals surface area contributed by atoms with Gasteiger partial charge >= 0.3 is 0 Å². The van der Waals surface area contributed by atoms with Gasteiger partial charge in [-0.25, -0.2) is 15.0 Å². The van der Waals surface area contributed by atoms with Crippen LogP contribution in [0.3, 0.4) is 0 Å². The van der Waals surface area contributed by atoms with Gasteiger partial charge in [0.2, 0.25) is 0 Å². The maximum absolute atomic E-state index is 4.24. The summed E-state index contributed by atoms with van der Waals surface area (Å²) >= 11 is 1.55. The van der Waals surface area contributed by atoms with Crippen LogP contribution < -0.4 is 0 Å². The number of aromatic nitrogens is 3. The van der Waals surface area contributed by atoms with Gasteiger partial charge in [-0.05, 0) is 13.8 Å². The summed E-state index contributed by atoms with van der Waals surface area (Å²) in [7, 11) is 0. The van der Waals surface area contributed by atoms with Gasteiger partial charge in [-0.15, -0.1) is 11.3 Å². The summed E-state index contributed by atoms with van der Waals surface area (Å²) in [6.45, 7) is 3.85. The first-order chi connectivity index (χ1) is 5.27. The summed E-state index contributed by atoms with van der Waals surface area (Å²) < 4.78 is 0. The Morgan fingerprint density at radius 2 is 2.09 bits per heavy atom. The van der Waals surface area contributed by atoms with Crippen LogP contribution in [0.1, 0.15) is 11.5 Å². The molecule has 0 aliphatic heterocycles. The van der Waals surface area contributed by atoms with Crippen LogP contribution in [0.4, 0.5) is 0 Å². The Balaban J connectivity index is 2.91. The molecule has 0 saturated heterocycles. The van der Waals surface area contributed by atoms with Crippen molar-refractivity contribution in [2.24, 2.45) is 0 Å². The van der Waals surface area contributed by atoms with E-state index in [4.69, 9.17) is 0 Å². The minimum absolute atomic E-state index is 0.819. The summed E-state index contributed by atoms with van der Waals surface area (Å²) in [6.07, 6.45) is 0. The number of hydrogen-bond donors (Lipinski definition) is 0. The molecule has 2 aromatic rings. The smallest absolute Gasteiger partial charge is 0.147 e. The Bertz CT molecular complexity index is 393. The van der Waals surface area contributed by atoms with Crippen LogP contribution in [-0.4, -0.2) is 15.0 Å². The molecule has 0 amide bonds. The van der Waals surface area contributed by atoms with Gasteiger partial charge in [0.1, 0.15) is 16.2 Å². The Labute approximate surface area is 68.1 Å². The topological polar surface area (TPSA) is 38.7 Å². The number of thiazole rings is 1. The molecule has 3 nitrogen and oxygen atoms in total. The average molecular weight is 165 g/mol. The Hall–Kier alpha value is -1.03. The molecule has 11 heavy (non-hydrogen) atoms. The molecule has 0 atom stereocenters. The van der Waals surface area contributed by atoms with E-state index < -0.39 is 0 Å². The van der Waals surface area contributed by atoms with Gasteiger partial charge in [-0.1, -0.05) is 0 Å². The molecule has 56 valence electrons. The predicted octanol–water partition coefficient (Wildman–Crippen LogP) is 1.70. The van der Waals surface area contributed by atoms with Crippen LogP contribution in [0.15, 0.2) is 5.51 Å². The molecule has 0 aliphatic carbocycles. The first-order valence-electron chi connectivity index (χ1n) is 3.32. The highest BCUT2D eigenvalue weighted by atomic mass is 32.1. The number of hydrogen-bond acceptors (Lipinski definition) is 4. The van der Waals surface area contributed by atoms with Crippen molar-refractivity contribution in [1.29, 1.82) is 0 Å². The van der Waals surface area contributed by atoms with Crippen molar-refractivity contribution < 1.29 is 0 Å².